The van der Waals surface area contributed by atoms with Crippen molar-refractivity contribution in [2.45, 2.75) is 39.8 Å². The van der Waals surface area contributed by atoms with Crippen LogP contribution in [0.4, 0.5) is 0 Å². The minimum Gasteiger partial charge on any atom is -0.457 e. The van der Waals surface area contributed by atoms with Crippen molar-refractivity contribution in [2.24, 2.45) is 5.92 Å². The summed E-state index contributed by atoms with van der Waals surface area (Å²) in [6.07, 6.45) is -0.138. The van der Waals surface area contributed by atoms with E-state index in [1.807, 2.05) is 13.8 Å². The third-order valence-electron chi connectivity index (χ3n) is 1.36. The molecule has 3 nitrogen and oxygen atoms in total. The molecule has 0 radical (unpaired) electrons. The maximum absolute atomic E-state index is 11.2. The molecular formula is C9H15NO2. The molecule has 0 spiro atoms. The fourth-order valence-electron chi connectivity index (χ4n) is 0.776. The first-order valence-corrected chi connectivity index (χ1v) is 4.06. The van der Waals surface area contributed by atoms with Crippen LogP contribution >= 0.6 is 0 Å². The monoisotopic (exact) mass is 169 g/mol. The molecule has 0 heterocycles. The van der Waals surface area contributed by atoms with Gasteiger partial charge in [-0.2, -0.15) is 0 Å². The first kappa shape index (κ1) is 11.0. The van der Waals surface area contributed by atoms with Gasteiger partial charge in [-0.25, -0.2) is 11.4 Å². The Morgan fingerprint density at radius 2 is 1.83 bits per heavy atom. The molecule has 3 heteroatoms. The number of nitrogens with zero attached hydrogens (tertiary/aromatic N) is 1. The average Bonchev–Trinajstić information content (AvgIpc) is 1.85. The Labute approximate surface area is 73.5 Å². The van der Waals surface area contributed by atoms with Gasteiger partial charge in [-0.15, -0.1) is 0 Å². The highest BCUT2D eigenvalue weighted by atomic mass is 16.5. The van der Waals surface area contributed by atoms with Crippen LogP contribution in [0.15, 0.2) is 0 Å². The van der Waals surface area contributed by atoms with Gasteiger partial charge in [0.15, 0.2) is 0 Å². The lowest BCUT2D eigenvalue weighted by Gasteiger charge is -2.11. The molecule has 0 aliphatic carbocycles. The number of hydrogen-bond acceptors (Lipinski definition) is 2. The highest BCUT2D eigenvalue weighted by Gasteiger charge is 2.29. The van der Waals surface area contributed by atoms with Gasteiger partial charge in [0.1, 0.15) is 0 Å². The molecule has 0 rings (SSSR count). The number of rotatable bonds is 3. The van der Waals surface area contributed by atoms with Crippen LogP contribution in [0.3, 0.4) is 0 Å². The Hall–Kier alpha value is -1.04. The molecule has 12 heavy (non-hydrogen) atoms. The van der Waals surface area contributed by atoms with Gasteiger partial charge < -0.3 is 9.58 Å². The first-order chi connectivity index (χ1) is 5.49. The maximum atomic E-state index is 11.2. The van der Waals surface area contributed by atoms with Crippen molar-refractivity contribution in [3.8, 4) is 0 Å². The third kappa shape index (κ3) is 3.38. The Kier molecular flexibility index (Phi) is 4.35. The summed E-state index contributed by atoms with van der Waals surface area (Å²) in [5.41, 5.74) is 0. The number of ether oxygens (including phenoxy) is 1. The smallest absolute Gasteiger partial charge is 0.390 e. The van der Waals surface area contributed by atoms with Crippen LogP contribution in [0.25, 0.3) is 4.85 Å². The van der Waals surface area contributed by atoms with Gasteiger partial charge in [0.05, 0.1) is 6.10 Å². The molecule has 1 atom stereocenters. The molecule has 0 aromatic rings. The summed E-state index contributed by atoms with van der Waals surface area (Å²) >= 11 is 0. The van der Waals surface area contributed by atoms with Crippen LogP contribution in [0.5, 0.6) is 0 Å². The van der Waals surface area contributed by atoms with Crippen LogP contribution < -0.4 is 0 Å². The number of carbonyl (C=O) groups is 1. The summed E-state index contributed by atoms with van der Waals surface area (Å²) in [6, 6.07) is -0.646. The maximum Gasteiger partial charge on any atom is 0.390 e. The summed E-state index contributed by atoms with van der Waals surface area (Å²) in [5.74, 6) is -0.385. The predicted octanol–water partition coefficient (Wildman–Crippen LogP) is 1.88. The molecule has 0 bridgehead atoms. The molecule has 0 amide bonds. The summed E-state index contributed by atoms with van der Waals surface area (Å²) in [6.45, 7) is 14.0. The zero-order valence-electron chi connectivity index (χ0n) is 8.00. The highest BCUT2D eigenvalue weighted by Crippen LogP contribution is 2.09. The second-order valence-electron chi connectivity index (χ2n) is 3.30. The largest absolute Gasteiger partial charge is 0.457 e. The molecule has 0 aromatic carbocycles. The van der Waals surface area contributed by atoms with Gasteiger partial charge in [-0.05, 0) is 13.8 Å². The highest BCUT2D eigenvalue weighted by molar-refractivity contribution is 5.78. The van der Waals surface area contributed by atoms with E-state index in [2.05, 4.69) is 4.85 Å². The molecular weight excluding hydrogens is 154 g/mol. The zero-order chi connectivity index (χ0) is 9.72. The van der Waals surface area contributed by atoms with E-state index in [1.54, 1.807) is 13.8 Å². The van der Waals surface area contributed by atoms with Gasteiger partial charge in [-0.3, -0.25) is 0 Å². The van der Waals surface area contributed by atoms with Crippen molar-refractivity contribution in [3.05, 3.63) is 11.4 Å². The SMILES string of the molecule is [C-]#[N+]C(C(=O)OC(C)C)C(C)C. The van der Waals surface area contributed by atoms with E-state index in [0.717, 1.165) is 0 Å². The average molecular weight is 169 g/mol. The number of hydrogen-bond donors (Lipinski definition) is 0. The van der Waals surface area contributed by atoms with Crippen molar-refractivity contribution in [3.63, 3.8) is 0 Å². The minimum absolute atomic E-state index is 0.0220. The Morgan fingerprint density at radius 1 is 1.33 bits per heavy atom. The van der Waals surface area contributed by atoms with E-state index < -0.39 is 12.0 Å². The van der Waals surface area contributed by atoms with Crippen molar-refractivity contribution in [1.29, 1.82) is 0 Å². The lowest BCUT2D eigenvalue weighted by molar-refractivity contribution is -0.148. The molecule has 0 saturated heterocycles. The van der Waals surface area contributed by atoms with Gasteiger partial charge in [0.25, 0.3) is 0 Å². The topological polar surface area (TPSA) is 30.7 Å². The van der Waals surface area contributed by atoms with Crippen LogP contribution in [-0.2, 0) is 9.53 Å². The van der Waals surface area contributed by atoms with Crippen LogP contribution in [0, 0.1) is 12.5 Å². The van der Waals surface area contributed by atoms with E-state index >= 15 is 0 Å². The molecule has 0 aliphatic rings. The van der Waals surface area contributed by atoms with Crippen molar-refractivity contribution in [1.82, 2.24) is 0 Å². The van der Waals surface area contributed by atoms with E-state index in [0.29, 0.717) is 0 Å². The third-order valence-corrected chi connectivity index (χ3v) is 1.36. The van der Waals surface area contributed by atoms with Gasteiger partial charge >= 0.3 is 12.0 Å². The zero-order valence-corrected chi connectivity index (χ0v) is 8.00. The summed E-state index contributed by atoms with van der Waals surface area (Å²) in [5, 5.41) is 0. The molecule has 1 unspecified atom stereocenters. The second-order valence-corrected chi connectivity index (χ2v) is 3.30. The molecule has 0 saturated carbocycles. The Bertz CT molecular complexity index is 191. The summed E-state index contributed by atoms with van der Waals surface area (Å²) < 4.78 is 4.91. The molecule has 0 fully saturated rings. The number of carbonyl (C=O) groups excluding carboxylic acids is 1. The van der Waals surface area contributed by atoms with Crippen molar-refractivity contribution < 1.29 is 9.53 Å². The van der Waals surface area contributed by atoms with Crippen molar-refractivity contribution in [2.75, 3.05) is 0 Å². The fraction of sp³-hybridized carbons (Fsp3) is 0.778. The Balaban J connectivity index is 4.16. The Morgan fingerprint density at radius 3 is 2.08 bits per heavy atom. The van der Waals surface area contributed by atoms with E-state index in [1.165, 1.54) is 0 Å². The summed E-state index contributed by atoms with van der Waals surface area (Å²) in [7, 11) is 0. The molecule has 0 N–H and O–H groups in total. The predicted molar refractivity (Wildman–Crippen MR) is 46.5 cm³/mol. The van der Waals surface area contributed by atoms with Crippen LogP contribution in [-0.4, -0.2) is 18.1 Å². The lowest BCUT2D eigenvalue weighted by atomic mass is 10.1. The van der Waals surface area contributed by atoms with Crippen LogP contribution in [0.1, 0.15) is 27.7 Å². The quantitative estimate of drug-likeness (QED) is 0.477. The number of esters is 1. The van der Waals surface area contributed by atoms with E-state index in [9.17, 15) is 4.79 Å². The lowest BCUT2D eigenvalue weighted by Crippen LogP contribution is -2.27. The van der Waals surface area contributed by atoms with Gasteiger partial charge in [0.2, 0.25) is 0 Å². The van der Waals surface area contributed by atoms with E-state index in [4.69, 9.17) is 11.3 Å². The van der Waals surface area contributed by atoms with Gasteiger partial charge in [-0.1, -0.05) is 13.8 Å². The second kappa shape index (κ2) is 4.76. The van der Waals surface area contributed by atoms with Crippen molar-refractivity contribution >= 4 is 5.97 Å². The molecule has 0 aromatic heterocycles. The van der Waals surface area contributed by atoms with E-state index in [-0.39, 0.29) is 12.0 Å². The normalized spacial score (nSPS) is 12.8. The minimum atomic E-state index is -0.646. The standard InChI is InChI=1S/C9H15NO2/c1-6(2)8(10-5)9(11)12-7(3)4/h6-8H,1-4H3. The van der Waals surface area contributed by atoms with Gasteiger partial charge in [0, 0.05) is 5.92 Å². The first-order valence-electron chi connectivity index (χ1n) is 4.06. The fourth-order valence-corrected chi connectivity index (χ4v) is 0.776. The molecule has 0 aliphatic heterocycles. The van der Waals surface area contributed by atoms with Crippen LogP contribution in [0.2, 0.25) is 0 Å². The molecule has 68 valence electrons. The summed E-state index contributed by atoms with van der Waals surface area (Å²) in [4.78, 5) is 14.4.